The molecule has 0 saturated carbocycles. The average molecular weight is 550 g/mol. The van der Waals surface area contributed by atoms with Crippen LogP contribution in [0.4, 0.5) is 8.78 Å². The second kappa shape index (κ2) is 13.9. The second-order valence-corrected chi connectivity index (χ2v) is 9.12. The monoisotopic (exact) mass is 549 g/mol. The molecule has 0 aliphatic heterocycles. The lowest BCUT2D eigenvalue weighted by atomic mass is 9.89. The van der Waals surface area contributed by atoms with E-state index in [1.807, 2.05) is 49.4 Å². The van der Waals surface area contributed by atoms with Crippen LogP contribution in [0, 0.1) is 17.0 Å². The molecular formula is C30H29F2N3O5. The summed E-state index contributed by atoms with van der Waals surface area (Å²) in [5, 5.41) is 15.1. The van der Waals surface area contributed by atoms with Crippen LogP contribution < -0.4 is 10.6 Å². The highest BCUT2D eigenvalue weighted by atomic mass is 19.2. The maximum absolute atomic E-state index is 14.0. The fraction of sp³-hybridized carbons (Fsp3) is 0.233. The summed E-state index contributed by atoms with van der Waals surface area (Å²) < 4.78 is 32.4. The van der Waals surface area contributed by atoms with E-state index in [4.69, 9.17) is 5.41 Å². The molecule has 0 bridgehead atoms. The molecule has 10 heteroatoms. The molecule has 0 aromatic heterocycles. The number of carbonyl (C=O) groups is 4. The third-order valence-electron chi connectivity index (χ3n) is 6.21. The average Bonchev–Trinajstić information content (AvgIpc) is 2.94. The van der Waals surface area contributed by atoms with Crippen LogP contribution in [0.2, 0.25) is 0 Å². The number of rotatable bonds is 11. The molecule has 3 rings (SSSR count). The predicted molar refractivity (Wildman–Crippen MR) is 146 cm³/mol. The molecular weight excluding hydrogens is 520 g/mol. The van der Waals surface area contributed by atoms with Crippen molar-refractivity contribution in [3.05, 3.63) is 95.1 Å². The topological polar surface area (TPSA) is 125 Å². The van der Waals surface area contributed by atoms with Crippen LogP contribution in [0.15, 0.2) is 66.7 Å². The quantitative estimate of drug-likeness (QED) is 0.108. The number of amides is 2. The van der Waals surface area contributed by atoms with Crippen LogP contribution >= 0.6 is 0 Å². The minimum atomic E-state index is -1.25. The Balaban J connectivity index is 1.64. The van der Waals surface area contributed by atoms with E-state index in [0.717, 1.165) is 34.5 Å². The van der Waals surface area contributed by atoms with Crippen molar-refractivity contribution in [3.63, 3.8) is 0 Å². The van der Waals surface area contributed by atoms with Crippen LogP contribution in [-0.4, -0.2) is 42.9 Å². The van der Waals surface area contributed by atoms with Gasteiger partial charge in [-0.15, -0.1) is 0 Å². The van der Waals surface area contributed by atoms with E-state index in [1.165, 1.54) is 13.2 Å². The number of hydrogen-bond acceptors (Lipinski definition) is 6. The molecule has 0 aliphatic rings. The van der Waals surface area contributed by atoms with Gasteiger partial charge in [0, 0.05) is 36.9 Å². The summed E-state index contributed by atoms with van der Waals surface area (Å²) in [6.45, 7) is 1.40. The number of carbonyl (C=O) groups excluding carboxylic acids is 4. The minimum absolute atomic E-state index is 0.0365. The molecule has 0 unspecified atom stereocenters. The number of ketones is 1. The highest BCUT2D eigenvalue weighted by molar-refractivity contribution is 6.35. The zero-order valence-corrected chi connectivity index (χ0v) is 22.1. The fourth-order valence-electron chi connectivity index (χ4n) is 4.23. The van der Waals surface area contributed by atoms with Crippen molar-refractivity contribution in [2.75, 3.05) is 13.7 Å². The number of hydrogen-bond donors (Lipinski definition) is 3. The van der Waals surface area contributed by atoms with Crippen LogP contribution in [0.3, 0.4) is 0 Å². The summed E-state index contributed by atoms with van der Waals surface area (Å²) in [6.07, 6.45) is 2.30. The van der Waals surface area contributed by atoms with E-state index >= 15 is 0 Å². The van der Waals surface area contributed by atoms with Gasteiger partial charge in [-0.3, -0.25) is 14.4 Å². The molecule has 8 nitrogen and oxygen atoms in total. The Labute approximate surface area is 229 Å². The first-order chi connectivity index (χ1) is 19.1. The number of halogens is 2. The van der Waals surface area contributed by atoms with E-state index in [9.17, 15) is 28.0 Å². The van der Waals surface area contributed by atoms with Crippen molar-refractivity contribution in [3.8, 4) is 0 Å². The van der Waals surface area contributed by atoms with Gasteiger partial charge in [0.05, 0.1) is 7.11 Å². The summed E-state index contributed by atoms with van der Waals surface area (Å²) in [4.78, 5) is 48.2. The lowest BCUT2D eigenvalue weighted by Gasteiger charge is -2.16. The van der Waals surface area contributed by atoms with Crippen LogP contribution in [-0.2, 0) is 25.7 Å². The van der Waals surface area contributed by atoms with Crippen molar-refractivity contribution in [1.82, 2.24) is 10.6 Å². The lowest BCUT2D eigenvalue weighted by Crippen LogP contribution is -2.39. The van der Waals surface area contributed by atoms with Crippen molar-refractivity contribution >= 4 is 40.1 Å². The highest BCUT2D eigenvalue weighted by Crippen LogP contribution is 2.28. The maximum Gasteiger partial charge on any atom is 0.330 e. The number of Topliss-reactive ketones (excluding diaryl/α,β-unsaturated/α-hetero) is 1. The van der Waals surface area contributed by atoms with Gasteiger partial charge in [0.1, 0.15) is 0 Å². The van der Waals surface area contributed by atoms with Gasteiger partial charge in [-0.25, -0.2) is 13.6 Å². The van der Waals surface area contributed by atoms with Gasteiger partial charge in [-0.2, -0.15) is 0 Å². The van der Waals surface area contributed by atoms with Crippen LogP contribution in [0.25, 0.3) is 10.8 Å². The van der Waals surface area contributed by atoms with Crippen LogP contribution in [0.1, 0.15) is 47.2 Å². The maximum atomic E-state index is 14.0. The number of fused-ring (bicyclic) bond motifs is 1. The Kier molecular flexibility index (Phi) is 10.4. The van der Waals surface area contributed by atoms with Gasteiger partial charge < -0.3 is 20.8 Å². The number of nitrogens with one attached hydrogen (secondary N) is 3. The highest BCUT2D eigenvalue weighted by Gasteiger charge is 2.21. The zero-order valence-electron chi connectivity index (χ0n) is 22.1. The molecule has 3 aromatic carbocycles. The van der Waals surface area contributed by atoms with E-state index < -0.39 is 41.7 Å². The van der Waals surface area contributed by atoms with Crippen molar-refractivity contribution in [2.45, 2.75) is 32.2 Å². The van der Waals surface area contributed by atoms with Gasteiger partial charge in [0.2, 0.25) is 0 Å². The third kappa shape index (κ3) is 7.89. The number of esters is 1. The summed E-state index contributed by atoms with van der Waals surface area (Å²) in [5.74, 6) is -5.90. The van der Waals surface area contributed by atoms with Gasteiger partial charge in [-0.1, -0.05) is 55.5 Å². The molecule has 3 aromatic rings. The van der Waals surface area contributed by atoms with Crippen LogP contribution in [0.5, 0.6) is 0 Å². The molecule has 0 fully saturated rings. The Hall–Kier alpha value is -4.73. The van der Waals surface area contributed by atoms with Gasteiger partial charge >= 0.3 is 17.8 Å². The van der Waals surface area contributed by atoms with E-state index in [-0.39, 0.29) is 42.1 Å². The number of benzene rings is 3. The molecule has 40 heavy (non-hydrogen) atoms. The van der Waals surface area contributed by atoms with Gasteiger partial charge in [0.15, 0.2) is 17.4 Å². The first-order valence-corrected chi connectivity index (χ1v) is 12.5. The molecule has 1 atom stereocenters. The van der Waals surface area contributed by atoms with E-state index in [0.29, 0.717) is 0 Å². The number of ether oxygens (including phenoxy) is 1. The predicted octanol–water partition coefficient (Wildman–Crippen LogP) is 4.37. The zero-order chi connectivity index (χ0) is 29.2. The van der Waals surface area contributed by atoms with Crippen molar-refractivity contribution in [1.29, 1.82) is 5.41 Å². The first kappa shape index (κ1) is 29.8. The molecule has 208 valence electrons. The van der Waals surface area contributed by atoms with E-state index in [2.05, 4.69) is 15.4 Å². The molecule has 3 N–H and O–H groups in total. The lowest BCUT2D eigenvalue weighted by molar-refractivity contribution is -0.139. The van der Waals surface area contributed by atoms with Crippen molar-refractivity contribution in [2.24, 2.45) is 0 Å². The summed E-state index contributed by atoms with van der Waals surface area (Å²) in [7, 11) is 1.19. The molecule has 0 saturated heterocycles. The largest absolute Gasteiger partial charge is 0.466 e. The Morgan fingerprint density at radius 2 is 1.65 bits per heavy atom. The third-order valence-corrected chi connectivity index (χ3v) is 6.21. The molecule has 0 radical (unpaired) electrons. The Morgan fingerprint density at radius 1 is 0.975 bits per heavy atom. The standard InChI is InChI=1S/C30H29F2N3O5/c1-18(22-10-5-8-19-7-3-4-9-23(19)22)13-21(33)15-27(36)24-16-26(32)25(31)14-20(24)17-35-30(39)29(38)34-12-6-11-28(37)40-2/h3-11,14,16,18,33H,12-13,15,17H2,1-2H3,(H,34,38)(H,35,39)/b11-6+,33-21?/t18-/m0/s1. The SMILES string of the molecule is COC(=O)/C=C/CNC(=O)C(=O)NCc1cc(F)c(F)cc1C(=O)CC(=N)C[C@H](C)c1cccc2ccccc12. The molecule has 0 spiro atoms. The summed E-state index contributed by atoms with van der Waals surface area (Å²) >= 11 is 0. The molecule has 2 amide bonds. The Bertz CT molecular complexity index is 1480. The number of methoxy groups -OCH3 is 1. The first-order valence-electron chi connectivity index (χ1n) is 12.5. The Morgan fingerprint density at radius 3 is 2.40 bits per heavy atom. The van der Waals surface area contributed by atoms with Crippen molar-refractivity contribution < 1.29 is 32.7 Å². The fourth-order valence-corrected chi connectivity index (χ4v) is 4.23. The summed E-state index contributed by atoms with van der Waals surface area (Å²) in [5.41, 5.74) is 0.920. The smallest absolute Gasteiger partial charge is 0.330 e. The summed E-state index contributed by atoms with van der Waals surface area (Å²) in [6, 6.07) is 15.3. The second-order valence-electron chi connectivity index (χ2n) is 9.12. The molecule has 0 heterocycles. The molecule has 0 aliphatic carbocycles. The van der Waals surface area contributed by atoms with Gasteiger partial charge in [-0.05, 0) is 46.4 Å². The van der Waals surface area contributed by atoms with Gasteiger partial charge in [0.25, 0.3) is 0 Å². The van der Waals surface area contributed by atoms with E-state index in [1.54, 1.807) is 0 Å². The normalized spacial score (nSPS) is 11.7. The minimum Gasteiger partial charge on any atom is -0.466 e.